The van der Waals surface area contributed by atoms with Gasteiger partial charge in [-0.25, -0.2) is 9.97 Å². The molecule has 1 aliphatic heterocycles. The molecule has 1 aliphatic rings. The number of thiophene rings is 1. The number of likely N-dealkylation sites (N-methyl/N-ethyl adjacent to an activating group) is 1. The van der Waals surface area contributed by atoms with Gasteiger partial charge >= 0.3 is 0 Å². The van der Waals surface area contributed by atoms with Crippen LogP contribution in [-0.4, -0.2) is 83.0 Å². The Morgan fingerprint density at radius 1 is 1.33 bits per heavy atom. The van der Waals surface area contributed by atoms with E-state index in [1.165, 1.54) is 16.2 Å². The molecular formula is C22H25N7O3S. The summed E-state index contributed by atoms with van der Waals surface area (Å²) in [5.74, 6) is 1.32. The quantitative estimate of drug-likeness (QED) is 0.367. The number of aliphatic hydroxyl groups is 1. The normalized spacial score (nSPS) is 15.3. The molecule has 10 nitrogen and oxygen atoms in total. The number of H-pyrrole nitrogens is 1. The van der Waals surface area contributed by atoms with Crippen LogP contribution in [0.4, 0.5) is 5.82 Å². The number of ether oxygens (including phenoxy) is 1. The summed E-state index contributed by atoms with van der Waals surface area (Å²) < 4.78 is 6.43. The summed E-state index contributed by atoms with van der Waals surface area (Å²) in [6, 6.07) is 7.76. The average molecular weight is 468 g/mol. The average Bonchev–Trinajstić information content (AvgIpc) is 3.49. The van der Waals surface area contributed by atoms with Gasteiger partial charge < -0.3 is 19.6 Å². The van der Waals surface area contributed by atoms with Crippen LogP contribution in [0.15, 0.2) is 30.5 Å². The topological polar surface area (TPSA) is 120 Å². The number of morpholine rings is 1. The lowest BCUT2D eigenvalue weighted by atomic mass is 10.1. The van der Waals surface area contributed by atoms with E-state index in [9.17, 15) is 9.90 Å². The summed E-state index contributed by atoms with van der Waals surface area (Å²) in [6.45, 7) is 2.76. The first-order valence-electron chi connectivity index (χ1n) is 10.7. The molecule has 1 saturated heterocycles. The van der Waals surface area contributed by atoms with E-state index in [1.54, 1.807) is 20.3 Å². The fourth-order valence-electron chi connectivity index (χ4n) is 3.78. The SMILES string of the molecule is CN(C)C(=O)CNC(O)c1cc2nc(-c3cccc4[nH]ncc34)nc(N3CCOCC3)c2s1. The predicted molar refractivity (Wildman–Crippen MR) is 127 cm³/mol. The Hall–Kier alpha value is -3.12. The fourth-order valence-corrected chi connectivity index (χ4v) is 4.86. The number of rotatable bonds is 6. The van der Waals surface area contributed by atoms with Gasteiger partial charge in [-0.15, -0.1) is 11.3 Å². The number of aromatic nitrogens is 4. The Bertz CT molecular complexity index is 1300. The summed E-state index contributed by atoms with van der Waals surface area (Å²) in [7, 11) is 3.37. The van der Waals surface area contributed by atoms with E-state index in [1.807, 2.05) is 24.3 Å². The molecule has 1 atom stereocenters. The van der Waals surface area contributed by atoms with Crippen molar-refractivity contribution in [2.24, 2.45) is 0 Å². The number of amides is 1. The number of nitrogens with zero attached hydrogens (tertiary/aromatic N) is 5. The molecule has 4 aromatic rings. The zero-order chi connectivity index (χ0) is 22.9. The van der Waals surface area contributed by atoms with E-state index in [-0.39, 0.29) is 12.5 Å². The number of hydrogen-bond donors (Lipinski definition) is 3. The second-order valence-electron chi connectivity index (χ2n) is 8.04. The molecule has 5 rings (SSSR count). The van der Waals surface area contributed by atoms with Gasteiger partial charge in [0.1, 0.15) is 6.23 Å². The molecule has 172 valence electrons. The first-order chi connectivity index (χ1) is 16.0. The first-order valence-corrected chi connectivity index (χ1v) is 11.5. The van der Waals surface area contributed by atoms with Crippen LogP contribution in [0.2, 0.25) is 0 Å². The third kappa shape index (κ3) is 4.27. The standard InChI is InChI=1S/C22H25N7O3S/c1-28(2)18(30)12-23-22(31)17-10-16-19(33-17)21(29-6-8-32-9-7-29)26-20(25-16)13-4-3-5-15-14(13)11-24-27-15/h3-5,10-11,22-23,31H,6-9,12H2,1-2H3,(H,24,27). The summed E-state index contributed by atoms with van der Waals surface area (Å²) >= 11 is 1.43. The van der Waals surface area contributed by atoms with Crippen molar-refractivity contribution >= 4 is 44.2 Å². The lowest BCUT2D eigenvalue weighted by Crippen LogP contribution is -2.36. The number of carbonyl (C=O) groups is 1. The third-order valence-corrected chi connectivity index (χ3v) is 6.80. The van der Waals surface area contributed by atoms with Crippen molar-refractivity contribution in [2.45, 2.75) is 6.23 Å². The van der Waals surface area contributed by atoms with Crippen LogP contribution in [-0.2, 0) is 9.53 Å². The first kappa shape index (κ1) is 21.7. The molecule has 3 N–H and O–H groups in total. The smallest absolute Gasteiger partial charge is 0.236 e. The van der Waals surface area contributed by atoms with Crippen LogP contribution in [0.1, 0.15) is 11.1 Å². The van der Waals surface area contributed by atoms with Crippen LogP contribution >= 0.6 is 11.3 Å². The fraction of sp³-hybridized carbons (Fsp3) is 0.364. The molecule has 4 heterocycles. The number of hydrogen-bond acceptors (Lipinski definition) is 9. The Kier molecular flexibility index (Phi) is 5.94. The monoisotopic (exact) mass is 467 g/mol. The Balaban J connectivity index is 1.57. The molecule has 0 bridgehead atoms. The van der Waals surface area contributed by atoms with Gasteiger partial charge in [-0.2, -0.15) is 5.10 Å². The molecule has 3 aromatic heterocycles. The maximum atomic E-state index is 11.9. The molecule has 33 heavy (non-hydrogen) atoms. The number of aromatic amines is 1. The Labute approximate surface area is 194 Å². The Morgan fingerprint density at radius 3 is 2.94 bits per heavy atom. The molecule has 1 aromatic carbocycles. The number of benzene rings is 1. The van der Waals surface area contributed by atoms with Crippen LogP contribution in [0.3, 0.4) is 0 Å². The highest BCUT2D eigenvalue weighted by Gasteiger charge is 2.23. The van der Waals surface area contributed by atoms with E-state index in [2.05, 4.69) is 20.4 Å². The third-order valence-electron chi connectivity index (χ3n) is 5.62. The van der Waals surface area contributed by atoms with Crippen molar-refractivity contribution in [2.75, 3.05) is 51.8 Å². The van der Waals surface area contributed by atoms with Gasteiger partial charge in [-0.05, 0) is 12.1 Å². The summed E-state index contributed by atoms with van der Waals surface area (Å²) in [4.78, 5) is 26.1. The Morgan fingerprint density at radius 2 is 2.15 bits per heavy atom. The molecule has 0 radical (unpaired) electrons. The van der Waals surface area contributed by atoms with Crippen LogP contribution in [0.5, 0.6) is 0 Å². The van der Waals surface area contributed by atoms with Gasteiger partial charge in [-0.3, -0.25) is 15.2 Å². The minimum absolute atomic E-state index is 0.0398. The summed E-state index contributed by atoms with van der Waals surface area (Å²) in [5, 5.41) is 21.7. The number of fused-ring (bicyclic) bond motifs is 2. The largest absolute Gasteiger partial charge is 0.378 e. The minimum atomic E-state index is -0.980. The van der Waals surface area contributed by atoms with E-state index >= 15 is 0 Å². The van der Waals surface area contributed by atoms with Crippen molar-refractivity contribution in [3.8, 4) is 11.4 Å². The van der Waals surface area contributed by atoms with Gasteiger partial charge in [0.15, 0.2) is 11.6 Å². The van der Waals surface area contributed by atoms with Crippen molar-refractivity contribution in [1.29, 1.82) is 0 Å². The van der Waals surface area contributed by atoms with Crippen LogP contribution in [0.25, 0.3) is 32.5 Å². The molecule has 1 amide bonds. The molecule has 1 unspecified atom stereocenters. The maximum absolute atomic E-state index is 11.9. The zero-order valence-electron chi connectivity index (χ0n) is 18.4. The van der Waals surface area contributed by atoms with Crippen molar-refractivity contribution in [3.05, 3.63) is 35.3 Å². The highest BCUT2D eigenvalue weighted by molar-refractivity contribution is 7.19. The number of nitrogens with one attached hydrogen (secondary N) is 2. The van der Waals surface area contributed by atoms with E-state index in [4.69, 9.17) is 14.7 Å². The van der Waals surface area contributed by atoms with E-state index < -0.39 is 6.23 Å². The molecule has 1 fully saturated rings. The number of anilines is 1. The minimum Gasteiger partial charge on any atom is -0.378 e. The summed E-state index contributed by atoms with van der Waals surface area (Å²) in [5.41, 5.74) is 2.56. The van der Waals surface area contributed by atoms with Gasteiger partial charge in [0.05, 0.1) is 46.6 Å². The van der Waals surface area contributed by atoms with Gasteiger partial charge in [0.25, 0.3) is 0 Å². The number of carbonyl (C=O) groups excluding carboxylic acids is 1. The highest BCUT2D eigenvalue weighted by atomic mass is 32.1. The van der Waals surface area contributed by atoms with Crippen molar-refractivity contribution in [1.82, 2.24) is 30.4 Å². The van der Waals surface area contributed by atoms with Crippen molar-refractivity contribution < 1.29 is 14.6 Å². The zero-order valence-corrected chi connectivity index (χ0v) is 19.2. The van der Waals surface area contributed by atoms with E-state index in [0.717, 1.165) is 45.6 Å². The number of aliphatic hydroxyl groups excluding tert-OH is 1. The second-order valence-corrected chi connectivity index (χ2v) is 9.13. The predicted octanol–water partition coefficient (Wildman–Crippen LogP) is 1.74. The maximum Gasteiger partial charge on any atom is 0.236 e. The summed E-state index contributed by atoms with van der Waals surface area (Å²) in [6.07, 6.45) is 0.799. The van der Waals surface area contributed by atoms with Crippen LogP contribution < -0.4 is 10.2 Å². The van der Waals surface area contributed by atoms with Gasteiger partial charge in [0, 0.05) is 38.1 Å². The van der Waals surface area contributed by atoms with Gasteiger partial charge in [0.2, 0.25) is 5.91 Å². The van der Waals surface area contributed by atoms with Crippen molar-refractivity contribution in [3.63, 3.8) is 0 Å². The van der Waals surface area contributed by atoms with Gasteiger partial charge in [-0.1, -0.05) is 12.1 Å². The van der Waals surface area contributed by atoms with E-state index in [0.29, 0.717) is 23.9 Å². The lowest BCUT2D eigenvalue weighted by Gasteiger charge is -2.28. The second kappa shape index (κ2) is 9.02. The molecule has 0 saturated carbocycles. The van der Waals surface area contributed by atoms with Crippen LogP contribution in [0, 0.1) is 0 Å². The molecule has 11 heteroatoms. The highest BCUT2D eigenvalue weighted by Crippen LogP contribution is 2.37. The molecular weight excluding hydrogens is 442 g/mol. The molecule has 0 aliphatic carbocycles. The lowest BCUT2D eigenvalue weighted by molar-refractivity contribution is -0.128. The molecule has 0 spiro atoms.